The van der Waals surface area contributed by atoms with Gasteiger partial charge < -0.3 is 25.2 Å². The Morgan fingerprint density at radius 2 is 1.66 bits per heavy atom. The highest BCUT2D eigenvalue weighted by atomic mass is 16.5. The Morgan fingerprint density at radius 1 is 0.976 bits per heavy atom. The number of nitrogens with one attached hydrogen (secondary N) is 2. The summed E-state index contributed by atoms with van der Waals surface area (Å²) in [5.74, 6) is -0.475. The van der Waals surface area contributed by atoms with Crippen LogP contribution in [-0.4, -0.2) is 42.1 Å². The number of aryl methyl sites for hydroxylation is 1. The standard InChI is InChI=1S/C32H39N3O6/c1-19-5-8-22(9-6-19)34-29(36)24-10-7-20(2)15-26(24)35-30(37)25-17-27(21(18-33)16-28(25)40-4)41-23-11-13-32(3,14-12-23)31(38)39/h7,10,15-17,19,22-23H,5-6,8-9,11-14H2,1-4H3,(H,34,36)(H,35,37)(H,38,39)/t19-,22-,23-,32+. The highest BCUT2D eigenvalue weighted by molar-refractivity contribution is 6.10. The van der Waals surface area contributed by atoms with Crippen molar-refractivity contribution in [3.63, 3.8) is 0 Å². The first-order valence-electron chi connectivity index (χ1n) is 14.3. The predicted molar refractivity (Wildman–Crippen MR) is 154 cm³/mol. The van der Waals surface area contributed by atoms with E-state index in [0.29, 0.717) is 42.9 Å². The molecule has 0 atom stereocenters. The summed E-state index contributed by atoms with van der Waals surface area (Å²) >= 11 is 0. The highest BCUT2D eigenvalue weighted by Gasteiger charge is 2.38. The number of nitriles is 1. The fourth-order valence-corrected chi connectivity index (χ4v) is 5.65. The van der Waals surface area contributed by atoms with Crippen molar-refractivity contribution in [2.75, 3.05) is 12.4 Å². The number of carbonyl (C=O) groups is 3. The van der Waals surface area contributed by atoms with Gasteiger partial charge in [0.15, 0.2) is 0 Å². The summed E-state index contributed by atoms with van der Waals surface area (Å²) in [6, 6.07) is 10.5. The summed E-state index contributed by atoms with van der Waals surface area (Å²) in [4.78, 5) is 38.4. The number of benzene rings is 2. The van der Waals surface area contributed by atoms with Crippen LogP contribution in [0.5, 0.6) is 11.5 Å². The Morgan fingerprint density at radius 3 is 2.27 bits per heavy atom. The topological polar surface area (TPSA) is 138 Å². The summed E-state index contributed by atoms with van der Waals surface area (Å²) in [6.45, 7) is 5.84. The number of methoxy groups -OCH3 is 1. The summed E-state index contributed by atoms with van der Waals surface area (Å²) in [7, 11) is 1.41. The van der Waals surface area contributed by atoms with Gasteiger partial charge in [-0.1, -0.05) is 13.0 Å². The second kappa shape index (κ2) is 12.6. The van der Waals surface area contributed by atoms with Gasteiger partial charge in [-0.3, -0.25) is 14.4 Å². The van der Waals surface area contributed by atoms with E-state index in [1.54, 1.807) is 19.1 Å². The number of hydrogen-bond donors (Lipinski definition) is 3. The fourth-order valence-electron chi connectivity index (χ4n) is 5.65. The van der Waals surface area contributed by atoms with E-state index in [1.165, 1.54) is 19.2 Å². The molecule has 0 heterocycles. The fraction of sp³-hybridized carbons (Fsp3) is 0.500. The minimum atomic E-state index is -0.824. The van der Waals surface area contributed by atoms with Crippen molar-refractivity contribution in [3.8, 4) is 17.6 Å². The monoisotopic (exact) mass is 561 g/mol. The van der Waals surface area contributed by atoms with E-state index in [-0.39, 0.29) is 40.7 Å². The summed E-state index contributed by atoms with van der Waals surface area (Å²) < 4.78 is 11.6. The highest BCUT2D eigenvalue weighted by Crippen LogP contribution is 2.39. The van der Waals surface area contributed by atoms with Crippen molar-refractivity contribution < 1.29 is 29.0 Å². The van der Waals surface area contributed by atoms with Crippen molar-refractivity contribution in [3.05, 3.63) is 52.6 Å². The molecule has 0 saturated heterocycles. The molecule has 0 radical (unpaired) electrons. The first-order chi connectivity index (χ1) is 19.5. The van der Waals surface area contributed by atoms with E-state index in [9.17, 15) is 24.8 Å². The lowest BCUT2D eigenvalue weighted by Gasteiger charge is -2.34. The molecule has 2 saturated carbocycles. The molecule has 9 nitrogen and oxygen atoms in total. The van der Waals surface area contributed by atoms with Crippen LogP contribution in [-0.2, 0) is 4.79 Å². The molecule has 0 spiro atoms. The van der Waals surface area contributed by atoms with Crippen molar-refractivity contribution in [2.45, 2.75) is 84.3 Å². The van der Waals surface area contributed by atoms with E-state index in [2.05, 4.69) is 23.6 Å². The summed E-state index contributed by atoms with van der Waals surface area (Å²) in [6.07, 6.45) is 5.67. The number of carbonyl (C=O) groups excluding carboxylic acids is 2. The Kier molecular flexibility index (Phi) is 9.21. The number of nitrogens with zero attached hydrogens (tertiary/aromatic N) is 1. The number of carboxylic acid groups (broad SMARTS) is 1. The average molecular weight is 562 g/mol. The molecular weight excluding hydrogens is 522 g/mol. The van der Waals surface area contributed by atoms with Gasteiger partial charge in [0, 0.05) is 12.1 Å². The number of amides is 2. The van der Waals surface area contributed by atoms with Gasteiger partial charge >= 0.3 is 5.97 Å². The molecule has 3 N–H and O–H groups in total. The van der Waals surface area contributed by atoms with Crippen LogP contribution >= 0.6 is 0 Å². The van der Waals surface area contributed by atoms with Gasteiger partial charge in [0.1, 0.15) is 17.6 Å². The maximum absolute atomic E-state index is 13.6. The zero-order valence-electron chi connectivity index (χ0n) is 24.2. The number of anilines is 1. The third kappa shape index (κ3) is 6.99. The number of hydrogen-bond acceptors (Lipinski definition) is 6. The van der Waals surface area contributed by atoms with Crippen LogP contribution in [0.2, 0.25) is 0 Å². The second-order valence-electron chi connectivity index (χ2n) is 11.8. The summed E-state index contributed by atoms with van der Waals surface area (Å²) in [5, 5.41) is 25.3. The van der Waals surface area contributed by atoms with Crippen LogP contribution in [0.15, 0.2) is 30.3 Å². The smallest absolute Gasteiger partial charge is 0.309 e. The molecule has 4 rings (SSSR count). The van der Waals surface area contributed by atoms with Crippen LogP contribution in [0.25, 0.3) is 0 Å². The van der Waals surface area contributed by atoms with Crippen molar-refractivity contribution in [1.29, 1.82) is 5.26 Å². The molecule has 2 aromatic carbocycles. The lowest BCUT2D eigenvalue weighted by molar-refractivity contribution is -0.150. The van der Waals surface area contributed by atoms with Gasteiger partial charge in [0.2, 0.25) is 0 Å². The predicted octanol–water partition coefficient (Wildman–Crippen LogP) is 5.85. The van der Waals surface area contributed by atoms with E-state index in [1.807, 2.05) is 13.0 Å². The van der Waals surface area contributed by atoms with Crippen molar-refractivity contribution >= 4 is 23.5 Å². The Hall–Kier alpha value is -4.06. The zero-order valence-corrected chi connectivity index (χ0v) is 24.2. The number of carboxylic acids is 1. The molecule has 0 aromatic heterocycles. The number of ether oxygens (including phenoxy) is 2. The third-order valence-electron chi connectivity index (χ3n) is 8.53. The average Bonchev–Trinajstić information content (AvgIpc) is 2.95. The molecule has 218 valence electrons. The molecule has 41 heavy (non-hydrogen) atoms. The molecule has 2 amide bonds. The second-order valence-corrected chi connectivity index (χ2v) is 11.8. The quantitative estimate of drug-likeness (QED) is 0.368. The maximum Gasteiger partial charge on any atom is 0.309 e. The van der Waals surface area contributed by atoms with Crippen LogP contribution in [0.3, 0.4) is 0 Å². The van der Waals surface area contributed by atoms with Gasteiger partial charge in [-0.05, 0) is 94.9 Å². The minimum Gasteiger partial charge on any atom is -0.496 e. The van der Waals surface area contributed by atoms with E-state index in [0.717, 1.165) is 31.2 Å². The Labute approximate surface area is 241 Å². The molecule has 2 aromatic rings. The first kappa shape index (κ1) is 29.9. The normalized spacial score (nSPS) is 24.0. The van der Waals surface area contributed by atoms with E-state index in [4.69, 9.17) is 9.47 Å². The van der Waals surface area contributed by atoms with Gasteiger partial charge in [-0.15, -0.1) is 0 Å². The number of rotatable bonds is 8. The lowest BCUT2D eigenvalue weighted by atomic mass is 9.75. The Bertz CT molecular complexity index is 1350. The molecule has 0 aliphatic heterocycles. The first-order valence-corrected chi connectivity index (χ1v) is 14.3. The van der Waals surface area contributed by atoms with Crippen LogP contribution < -0.4 is 20.1 Å². The van der Waals surface area contributed by atoms with Gasteiger partial charge in [0.05, 0.1) is 41.0 Å². The molecular formula is C32H39N3O6. The zero-order chi connectivity index (χ0) is 29.7. The van der Waals surface area contributed by atoms with Crippen LogP contribution in [0.4, 0.5) is 5.69 Å². The molecule has 0 bridgehead atoms. The maximum atomic E-state index is 13.6. The van der Waals surface area contributed by atoms with Gasteiger partial charge in [0.25, 0.3) is 11.8 Å². The molecule has 2 aliphatic carbocycles. The largest absolute Gasteiger partial charge is 0.496 e. The van der Waals surface area contributed by atoms with Gasteiger partial charge in [-0.2, -0.15) is 5.26 Å². The van der Waals surface area contributed by atoms with E-state index < -0.39 is 17.3 Å². The molecule has 2 fully saturated rings. The lowest BCUT2D eigenvalue weighted by Crippen LogP contribution is -2.37. The van der Waals surface area contributed by atoms with Crippen molar-refractivity contribution in [1.82, 2.24) is 5.32 Å². The molecule has 9 heteroatoms. The number of aliphatic carboxylic acids is 1. The minimum absolute atomic E-state index is 0.107. The third-order valence-corrected chi connectivity index (χ3v) is 8.53. The SMILES string of the molecule is COc1cc(C#N)c(O[C@H]2CC[C@@](C)(C(=O)O)CC2)cc1C(=O)Nc1cc(C)ccc1C(=O)N[C@H]1CC[C@H](C)CC1. The van der Waals surface area contributed by atoms with Crippen molar-refractivity contribution in [2.24, 2.45) is 11.3 Å². The Balaban J connectivity index is 1.55. The van der Waals surface area contributed by atoms with Crippen LogP contribution in [0.1, 0.15) is 97.1 Å². The van der Waals surface area contributed by atoms with Gasteiger partial charge in [-0.25, -0.2) is 0 Å². The molecule has 2 aliphatic rings. The summed E-state index contributed by atoms with van der Waals surface area (Å²) in [5.41, 5.74) is 1.20. The molecule has 0 unspecified atom stereocenters. The van der Waals surface area contributed by atoms with Crippen LogP contribution in [0, 0.1) is 29.6 Å². The van der Waals surface area contributed by atoms with E-state index >= 15 is 0 Å².